The second kappa shape index (κ2) is 9.60. The lowest BCUT2D eigenvalue weighted by atomic mass is 9.95. The first kappa shape index (κ1) is 17.8. The van der Waals surface area contributed by atoms with Crippen molar-refractivity contribution in [1.82, 2.24) is 0 Å². The Hall–Kier alpha value is -2.30. The highest BCUT2D eigenvalue weighted by atomic mass is 16.5. The van der Waals surface area contributed by atoms with Crippen LogP contribution in [0.3, 0.4) is 0 Å². The molecule has 0 spiro atoms. The largest absolute Gasteiger partial charge is 0.497 e. The molecule has 0 unspecified atom stereocenters. The van der Waals surface area contributed by atoms with Gasteiger partial charge in [0.1, 0.15) is 18.1 Å². The first-order valence-corrected chi connectivity index (χ1v) is 7.29. The Kier molecular flexibility index (Phi) is 7.75. The third-order valence-electron chi connectivity index (χ3n) is 3.26. The standard InChI is InChI=1S/C17H23NO4/c1-4-6-7-13(12-19)16(17(20)22-5-2)18-14-8-10-15(21-3)11-9-14/h4,8-13,16,18H,1,5-7H2,2-3H3/t13-,16+/m1/s1. The zero-order valence-electron chi connectivity index (χ0n) is 13.1. The first-order valence-electron chi connectivity index (χ1n) is 7.29. The van der Waals surface area contributed by atoms with E-state index in [1.165, 1.54) is 0 Å². The van der Waals surface area contributed by atoms with E-state index in [1.807, 2.05) is 0 Å². The van der Waals surface area contributed by atoms with Crippen molar-refractivity contribution in [3.63, 3.8) is 0 Å². The summed E-state index contributed by atoms with van der Waals surface area (Å²) >= 11 is 0. The van der Waals surface area contributed by atoms with Gasteiger partial charge in [0.25, 0.3) is 0 Å². The molecule has 0 aliphatic heterocycles. The molecule has 1 rings (SSSR count). The fraction of sp³-hybridized carbons (Fsp3) is 0.412. The second-order valence-electron chi connectivity index (χ2n) is 4.77. The summed E-state index contributed by atoms with van der Waals surface area (Å²) in [5.41, 5.74) is 0.726. The van der Waals surface area contributed by atoms with Crippen LogP contribution in [0, 0.1) is 5.92 Å². The van der Waals surface area contributed by atoms with Gasteiger partial charge in [0, 0.05) is 11.6 Å². The molecule has 0 saturated carbocycles. The van der Waals surface area contributed by atoms with Gasteiger partial charge in [-0.25, -0.2) is 4.79 Å². The van der Waals surface area contributed by atoms with Crippen LogP contribution in [0.4, 0.5) is 5.69 Å². The van der Waals surface area contributed by atoms with Crippen molar-refractivity contribution in [2.24, 2.45) is 5.92 Å². The maximum absolute atomic E-state index is 12.1. The van der Waals surface area contributed by atoms with Crippen molar-refractivity contribution in [3.8, 4) is 5.75 Å². The molecule has 0 aliphatic carbocycles. The number of benzene rings is 1. The second-order valence-corrected chi connectivity index (χ2v) is 4.77. The van der Waals surface area contributed by atoms with Crippen molar-refractivity contribution in [3.05, 3.63) is 36.9 Å². The molecule has 0 amide bonds. The van der Waals surface area contributed by atoms with E-state index in [2.05, 4.69) is 11.9 Å². The highest BCUT2D eigenvalue weighted by molar-refractivity contribution is 5.83. The number of carbonyl (C=O) groups is 2. The maximum Gasteiger partial charge on any atom is 0.329 e. The molecule has 5 heteroatoms. The van der Waals surface area contributed by atoms with Crippen molar-refractivity contribution in [2.45, 2.75) is 25.8 Å². The molecule has 1 N–H and O–H groups in total. The highest BCUT2D eigenvalue weighted by Crippen LogP contribution is 2.20. The average Bonchev–Trinajstić information content (AvgIpc) is 2.55. The van der Waals surface area contributed by atoms with Crippen LogP contribution in [0.15, 0.2) is 36.9 Å². The monoisotopic (exact) mass is 305 g/mol. The Balaban J connectivity index is 2.89. The minimum absolute atomic E-state index is 0.270. The number of nitrogens with one attached hydrogen (secondary N) is 1. The van der Waals surface area contributed by atoms with Crippen molar-refractivity contribution >= 4 is 17.9 Å². The van der Waals surface area contributed by atoms with E-state index < -0.39 is 17.9 Å². The lowest BCUT2D eigenvalue weighted by Gasteiger charge is -2.23. The zero-order chi connectivity index (χ0) is 16.4. The predicted molar refractivity (Wildman–Crippen MR) is 86.0 cm³/mol. The molecule has 0 aliphatic rings. The smallest absolute Gasteiger partial charge is 0.329 e. The van der Waals surface area contributed by atoms with E-state index in [0.717, 1.165) is 17.7 Å². The van der Waals surface area contributed by atoms with Gasteiger partial charge in [-0.1, -0.05) is 6.08 Å². The summed E-state index contributed by atoms with van der Waals surface area (Å²) in [4.78, 5) is 23.5. The third kappa shape index (κ3) is 5.24. The van der Waals surface area contributed by atoms with E-state index in [-0.39, 0.29) is 6.61 Å². The van der Waals surface area contributed by atoms with Gasteiger partial charge in [-0.15, -0.1) is 6.58 Å². The normalized spacial score (nSPS) is 12.8. The molecule has 1 aromatic rings. The predicted octanol–water partition coefficient (Wildman–Crippen LogP) is 2.82. The molecule has 0 aromatic heterocycles. The quantitative estimate of drug-likeness (QED) is 0.409. The molecule has 2 atom stereocenters. The van der Waals surface area contributed by atoms with Gasteiger partial charge >= 0.3 is 5.97 Å². The van der Waals surface area contributed by atoms with Crippen LogP contribution in [0.5, 0.6) is 5.75 Å². The fourth-order valence-corrected chi connectivity index (χ4v) is 2.06. The van der Waals surface area contributed by atoms with Gasteiger partial charge in [0.05, 0.1) is 13.7 Å². The Morgan fingerprint density at radius 3 is 2.55 bits per heavy atom. The molecular weight excluding hydrogens is 282 g/mol. The molecule has 22 heavy (non-hydrogen) atoms. The Bertz CT molecular complexity index is 484. The third-order valence-corrected chi connectivity index (χ3v) is 3.26. The molecule has 0 radical (unpaired) electrons. The van der Waals surface area contributed by atoms with E-state index in [9.17, 15) is 9.59 Å². The number of carbonyl (C=O) groups excluding carboxylic acids is 2. The lowest BCUT2D eigenvalue weighted by Crippen LogP contribution is -2.39. The van der Waals surface area contributed by atoms with Crippen molar-refractivity contribution in [1.29, 1.82) is 0 Å². The highest BCUT2D eigenvalue weighted by Gasteiger charge is 2.28. The van der Waals surface area contributed by atoms with Crippen molar-refractivity contribution in [2.75, 3.05) is 19.0 Å². The Morgan fingerprint density at radius 1 is 1.36 bits per heavy atom. The van der Waals surface area contributed by atoms with Crippen LogP contribution >= 0.6 is 0 Å². The number of allylic oxidation sites excluding steroid dienone is 1. The van der Waals surface area contributed by atoms with E-state index in [1.54, 1.807) is 44.4 Å². The minimum Gasteiger partial charge on any atom is -0.497 e. The Labute approximate surface area is 131 Å². The zero-order valence-corrected chi connectivity index (χ0v) is 13.1. The van der Waals surface area contributed by atoms with E-state index in [4.69, 9.17) is 9.47 Å². The lowest BCUT2D eigenvalue weighted by molar-refractivity contribution is -0.146. The molecular formula is C17H23NO4. The van der Waals surface area contributed by atoms with Gasteiger partial charge < -0.3 is 19.6 Å². The number of rotatable bonds is 10. The SMILES string of the molecule is C=CCC[C@H](C=O)[C@H](Nc1ccc(OC)cc1)C(=O)OCC. The molecule has 1 aromatic carbocycles. The number of ether oxygens (including phenoxy) is 2. The summed E-state index contributed by atoms with van der Waals surface area (Å²) in [6.45, 7) is 5.65. The van der Waals surface area contributed by atoms with Crippen LogP contribution in [-0.4, -0.2) is 32.0 Å². The van der Waals surface area contributed by atoms with E-state index >= 15 is 0 Å². The summed E-state index contributed by atoms with van der Waals surface area (Å²) in [5.74, 6) is -0.185. The number of hydrogen-bond donors (Lipinski definition) is 1. The van der Waals surface area contributed by atoms with Crippen LogP contribution in [0.1, 0.15) is 19.8 Å². The number of esters is 1. The summed E-state index contributed by atoms with van der Waals surface area (Å²) in [6.07, 6.45) is 3.72. The van der Waals surface area contributed by atoms with Gasteiger partial charge in [-0.05, 0) is 44.0 Å². The summed E-state index contributed by atoms with van der Waals surface area (Å²) in [6, 6.07) is 6.43. The molecule has 5 nitrogen and oxygen atoms in total. The number of hydrogen-bond acceptors (Lipinski definition) is 5. The summed E-state index contributed by atoms with van der Waals surface area (Å²) in [7, 11) is 1.58. The van der Waals surface area contributed by atoms with Crippen LogP contribution < -0.4 is 10.1 Å². The average molecular weight is 305 g/mol. The van der Waals surface area contributed by atoms with Crippen LogP contribution in [0.2, 0.25) is 0 Å². The molecule has 0 heterocycles. The maximum atomic E-state index is 12.1. The topological polar surface area (TPSA) is 64.6 Å². The molecule has 120 valence electrons. The van der Waals surface area contributed by atoms with Crippen LogP contribution in [0.25, 0.3) is 0 Å². The minimum atomic E-state index is -0.717. The molecule has 0 saturated heterocycles. The number of methoxy groups -OCH3 is 1. The Morgan fingerprint density at radius 2 is 2.05 bits per heavy atom. The van der Waals surface area contributed by atoms with Crippen LogP contribution in [-0.2, 0) is 14.3 Å². The number of anilines is 1. The van der Waals surface area contributed by atoms with Gasteiger partial charge in [0.2, 0.25) is 0 Å². The van der Waals surface area contributed by atoms with Gasteiger partial charge in [-0.2, -0.15) is 0 Å². The summed E-state index contributed by atoms with van der Waals surface area (Å²) in [5, 5.41) is 3.08. The fourth-order valence-electron chi connectivity index (χ4n) is 2.06. The van der Waals surface area contributed by atoms with Gasteiger partial charge in [-0.3, -0.25) is 0 Å². The number of aldehydes is 1. The first-order chi connectivity index (χ1) is 10.7. The molecule has 0 fully saturated rings. The molecule has 0 bridgehead atoms. The van der Waals surface area contributed by atoms with E-state index in [0.29, 0.717) is 12.8 Å². The summed E-state index contributed by atoms with van der Waals surface area (Å²) < 4.78 is 10.2. The van der Waals surface area contributed by atoms with Gasteiger partial charge in [0.15, 0.2) is 0 Å². The van der Waals surface area contributed by atoms with Crippen molar-refractivity contribution < 1.29 is 19.1 Å².